The number of alkyl carbamates (subject to hydrolysis) is 1. The van der Waals surface area contributed by atoms with E-state index in [0.29, 0.717) is 13.1 Å². The number of carbonyl (C=O) groups is 2. The Labute approximate surface area is 138 Å². The van der Waals surface area contributed by atoms with Crippen molar-refractivity contribution in [1.82, 2.24) is 16.0 Å². The fourth-order valence-corrected chi connectivity index (χ4v) is 2.05. The van der Waals surface area contributed by atoms with Crippen molar-refractivity contribution >= 4 is 12.1 Å². The van der Waals surface area contributed by atoms with Gasteiger partial charge in [0.1, 0.15) is 5.60 Å². The quantitative estimate of drug-likeness (QED) is 0.730. The van der Waals surface area contributed by atoms with E-state index in [1.165, 1.54) is 0 Å². The fraction of sp³-hybridized carbons (Fsp3) is 0.529. The first-order chi connectivity index (χ1) is 10.7. The minimum atomic E-state index is -0.530. The maximum absolute atomic E-state index is 11.8. The van der Waals surface area contributed by atoms with Gasteiger partial charge in [-0.25, -0.2) is 9.59 Å². The highest BCUT2D eigenvalue weighted by Crippen LogP contribution is 2.16. The molecule has 0 radical (unpaired) electrons. The van der Waals surface area contributed by atoms with Crippen molar-refractivity contribution in [3.8, 4) is 0 Å². The third-order valence-corrected chi connectivity index (χ3v) is 3.08. The van der Waals surface area contributed by atoms with E-state index >= 15 is 0 Å². The molecular weight excluding hydrogens is 294 g/mol. The highest BCUT2D eigenvalue weighted by Gasteiger charge is 2.15. The fourth-order valence-electron chi connectivity index (χ4n) is 2.05. The van der Waals surface area contributed by atoms with Gasteiger partial charge in [0, 0.05) is 13.1 Å². The average molecular weight is 321 g/mol. The van der Waals surface area contributed by atoms with Gasteiger partial charge in [0.2, 0.25) is 0 Å². The van der Waals surface area contributed by atoms with Gasteiger partial charge in [-0.3, -0.25) is 0 Å². The number of carbonyl (C=O) groups excluding carboxylic acids is 2. The lowest BCUT2D eigenvalue weighted by atomic mass is 10.0. The third kappa shape index (κ3) is 7.54. The molecule has 0 spiro atoms. The van der Waals surface area contributed by atoms with Crippen LogP contribution in [0.1, 0.15) is 44.9 Å². The monoisotopic (exact) mass is 321 g/mol. The van der Waals surface area contributed by atoms with Crippen LogP contribution >= 0.6 is 0 Å². The molecule has 0 heterocycles. The van der Waals surface area contributed by atoms with Crippen molar-refractivity contribution < 1.29 is 14.3 Å². The van der Waals surface area contributed by atoms with Gasteiger partial charge < -0.3 is 20.7 Å². The topological polar surface area (TPSA) is 79.5 Å². The lowest BCUT2D eigenvalue weighted by Gasteiger charge is -2.20. The van der Waals surface area contributed by atoms with Crippen molar-refractivity contribution in [3.05, 3.63) is 35.4 Å². The van der Waals surface area contributed by atoms with Crippen LogP contribution in [-0.2, 0) is 4.74 Å². The lowest BCUT2D eigenvalue weighted by molar-refractivity contribution is 0.0528. The number of hydrogen-bond acceptors (Lipinski definition) is 3. The predicted octanol–water partition coefficient (Wildman–Crippen LogP) is 2.88. The molecule has 1 unspecified atom stereocenters. The number of amides is 3. The Morgan fingerprint density at radius 1 is 1.13 bits per heavy atom. The second-order valence-electron chi connectivity index (χ2n) is 6.41. The molecule has 0 bridgehead atoms. The van der Waals surface area contributed by atoms with Crippen LogP contribution in [0, 0.1) is 6.92 Å². The lowest BCUT2D eigenvalue weighted by Crippen LogP contribution is -2.42. The molecule has 1 aromatic carbocycles. The van der Waals surface area contributed by atoms with Crippen molar-refractivity contribution in [2.24, 2.45) is 0 Å². The first-order valence-corrected chi connectivity index (χ1v) is 7.76. The molecule has 128 valence electrons. The van der Waals surface area contributed by atoms with Crippen molar-refractivity contribution in [2.45, 2.75) is 46.3 Å². The van der Waals surface area contributed by atoms with Crippen LogP contribution in [0.15, 0.2) is 24.3 Å². The van der Waals surface area contributed by atoms with Gasteiger partial charge in [-0.2, -0.15) is 0 Å². The van der Waals surface area contributed by atoms with Gasteiger partial charge in [-0.05, 0) is 45.7 Å². The van der Waals surface area contributed by atoms with Crippen LogP contribution in [0.2, 0.25) is 0 Å². The highest BCUT2D eigenvalue weighted by atomic mass is 16.6. The smallest absolute Gasteiger partial charge is 0.407 e. The largest absolute Gasteiger partial charge is 0.444 e. The normalized spacial score (nSPS) is 12.2. The molecule has 0 aliphatic carbocycles. The first-order valence-electron chi connectivity index (χ1n) is 7.76. The van der Waals surface area contributed by atoms with E-state index < -0.39 is 11.7 Å². The Morgan fingerprint density at radius 2 is 1.74 bits per heavy atom. The molecule has 0 aliphatic rings. The Kier molecular flexibility index (Phi) is 6.88. The van der Waals surface area contributed by atoms with Crippen LogP contribution in [0.4, 0.5) is 9.59 Å². The predicted molar refractivity (Wildman–Crippen MR) is 90.4 cm³/mol. The van der Waals surface area contributed by atoms with Crippen molar-refractivity contribution in [3.63, 3.8) is 0 Å². The van der Waals surface area contributed by atoms with Gasteiger partial charge in [-0.1, -0.05) is 24.3 Å². The van der Waals surface area contributed by atoms with Gasteiger partial charge in [0.05, 0.1) is 6.04 Å². The average Bonchev–Trinajstić information content (AvgIpc) is 2.42. The maximum atomic E-state index is 11.8. The van der Waals surface area contributed by atoms with E-state index in [4.69, 9.17) is 4.74 Å². The molecule has 3 amide bonds. The SMILES string of the molecule is Cc1ccccc1C(C)NC(=O)NCCNC(=O)OC(C)(C)C. The molecule has 23 heavy (non-hydrogen) atoms. The number of rotatable bonds is 5. The Hall–Kier alpha value is -2.24. The number of nitrogens with one attached hydrogen (secondary N) is 3. The molecule has 0 fully saturated rings. The van der Waals surface area contributed by atoms with E-state index in [1.54, 1.807) is 20.8 Å². The Bertz CT molecular complexity index is 538. The van der Waals surface area contributed by atoms with Gasteiger partial charge in [0.15, 0.2) is 0 Å². The maximum Gasteiger partial charge on any atom is 0.407 e. The Balaban J connectivity index is 2.27. The molecule has 0 aliphatic heterocycles. The van der Waals surface area contributed by atoms with Gasteiger partial charge >= 0.3 is 12.1 Å². The van der Waals surface area contributed by atoms with Gasteiger partial charge in [-0.15, -0.1) is 0 Å². The van der Waals surface area contributed by atoms with Gasteiger partial charge in [0.25, 0.3) is 0 Å². The zero-order valence-corrected chi connectivity index (χ0v) is 14.5. The Morgan fingerprint density at radius 3 is 2.35 bits per heavy atom. The van der Waals surface area contributed by atoms with E-state index in [2.05, 4.69) is 16.0 Å². The summed E-state index contributed by atoms with van der Waals surface area (Å²) in [5, 5.41) is 8.16. The minimum Gasteiger partial charge on any atom is -0.444 e. The highest BCUT2D eigenvalue weighted by molar-refractivity contribution is 5.74. The number of ether oxygens (including phenoxy) is 1. The molecule has 1 atom stereocenters. The van der Waals surface area contributed by atoms with Crippen LogP contribution in [0.3, 0.4) is 0 Å². The van der Waals surface area contributed by atoms with Crippen LogP contribution in [0.25, 0.3) is 0 Å². The molecule has 0 aromatic heterocycles. The van der Waals surface area contributed by atoms with E-state index in [0.717, 1.165) is 11.1 Å². The summed E-state index contributed by atoms with van der Waals surface area (Å²) in [7, 11) is 0. The first kappa shape index (κ1) is 18.8. The summed E-state index contributed by atoms with van der Waals surface area (Å²) in [5.41, 5.74) is 1.68. The standard InChI is InChI=1S/C17H27N3O3/c1-12-8-6-7-9-14(12)13(2)20-15(21)18-10-11-19-16(22)23-17(3,4)5/h6-9,13H,10-11H2,1-5H3,(H,19,22)(H2,18,20,21). The second kappa shape index (κ2) is 8.41. The number of hydrogen-bond donors (Lipinski definition) is 3. The summed E-state index contributed by atoms with van der Waals surface area (Å²) in [6.07, 6.45) is -0.493. The van der Waals surface area contributed by atoms with E-state index in [-0.39, 0.29) is 12.1 Å². The molecule has 0 saturated heterocycles. The molecular formula is C17H27N3O3. The molecule has 0 saturated carbocycles. The van der Waals surface area contributed by atoms with Crippen molar-refractivity contribution in [1.29, 1.82) is 0 Å². The molecule has 6 heteroatoms. The minimum absolute atomic E-state index is 0.0879. The molecule has 6 nitrogen and oxygen atoms in total. The summed E-state index contributed by atoms with van der Waals surface area (Å²) >= 11 is 0. The van der Waals surface area contributed by atoms with Crippen LogP contribution in [0.5, 0.6) is 0 Å². The van der Waals surface area contributed by atoms with Crippen molar-refractivity contribution in [2.75, 3.05) is 13.1 Å². The summed E-state index contributed by atoms with van der Waals surface area (Å²) in [4.78, 5) is 23.3. The zero-order valence-electron chi connectivity index (χ0n) is 14.5. The molecule has 1 rings (SSSR count). The summed E-state index contributed by atoms with van der Waals surface area (Å²) < 4.78 is 5.10. The summed E-state index contributed by atoms with van der Waals surface area (Å²) in [6.45, 7) is 9.96. The third-order valence-electron chi connectivity index (χ3n) is 3.08. The second-order valence-corrected chi connectivity index (χ2v) is 6.41. The number of aryl methyl sites for hydroxylation is 1. The zero-order chi connectivity index (χ0) is 17.5. The number of benzene rings is 1. The van der Waals surface area contributed by atoms with Crippen LogP contribution in [-0.4, -0.2) is 30.8 Å². The van der Waals surface area contributed by atoms with Crippen LogP contribution < -0.4 is 16.0 Å². The summed E-state index contributed by atoms with van der Waals surface area (Å²) in [5.74, 6) is 0. The van der Waals surface area contributed by atoms with E-state index in [1.807, 2.05) is 38.1 Å². The molecule has 3 N–H and O–H groups in total. The summed E-state index contributed by atoms with van der Waals surface area (Å²) in [6, 6.07) is 7.55. The molecule has 1 aromatic rings. The van der Waals surface area contributed by atoms with E-state index in [9.17, 15) is 9.59 Å². The number of urea groups is 1.